The van der Waals surface area contributed by atoms with Gasteiger partial charge < -0.3 is 19.7 Å². The lowest BCUT2D eigenvalue weighted by atomic mass is 9.94. The van der Waals surface area contributed by atoms with Crippen molar-refractivity contribution in [2.24, 2.45) is 5.92 Å². The maximum atomic E-state index is 12.8. The van der Waals surface area contributed by atoms with Crippen LogP contribution in [0.15, 0.2) is 24.3 Å². The fourth-order valence-corrected chi connectivity index (χ4v) is 3.38. The summed E-state index contributed by atoms with van der Waals surface area (Å²) in [5.74, 6) is 0.836. The maximum Gasteiger partial charge on any atom is 0.407 e. The minimum Gasteiger partial charge on any atom is -0.492 e. The molecule has 2 aliphatic heterocycles. The zero-order valence-electron chi connectivity index (χ0n) is 14.0. The third-order valence-electron chi connectivity index (χ3n) is 4.56. The van der Waals surface area contributed by atoms with Crippen molar-refractivity contribution < 1.29 is 19.1 Å². The van der Waals surface area contributed by atoms with Crippen LogP contribution in [0, 0.1) is 5.92 Å². The Morgan fingerprint density at radius 3 is 3.04 bits per heavy atom. The van der Waals surface area contributed by atoms with E-state index in [1.165, 1.54) is 0 Å². The highest BCUT2D eigenvalue weighted by molar-refractivity contribution is 5.80. The van der Waals surface area contributed by atoms with Gasteiger partial charge in [-0.15, -0.1) is 0 Å². The Labute approximate surface area is 142 Å². The van der Waals surface area contributed by atoms with Crippen molar-refractivity contribution in [3.63, 3.8) is 0 Å². The van der Waals surface area contributed by atoms with E-state index in [-0.39, 0.29) is 17.9 Å². The SMILES string of the molecule is CCOC(=O)N[C@@H]1CCCN(C(=O)[C@H]2COc3ccccc3C2)C1. The predicted octanol–water partition coefficient (Wildman–Crippen LogP) is 1.97. The summed E-state index contributed by atoms with van der Waals surface area (Å²) in [6, 6.07) is 7.82. The number of fused-ring (bicyclic) bond motifs is 1. The highest BCUT2D eigenvalue weighted by Crippen LogP contribution is 2.28. The number of carbonyl (C=O) groups is 2. The van der Waals surface area contributed by atoms with E-state index in [2.05, 4.69) is 5.32 Å². The molecule has 24 heavy (non-hydrogen) atoms. The van der Waals surface area contributed by atoms with Crippen LogP contribution in [0.4, 0.5) is 4.79 Å². The maximum absolute atomic E-state index is 12.8. The monoisotopic (exact) mass is 332 g/mol. The number of amides is 2. The van der Waals surface area contributed by atoms with Crippen LogP contribution in [0.2, 0.25) is 0 Å². The molecule has 0 saturated carbocycles. The molecule has 1 aromatic carbocycles. The molecule has 2 aliphatic rings. The second kappa shape index (κ2) is 7.55. The summed E-state index contributed by atoms with van der Waals surface area (Å²) in [5, 5.41) is 2.84. The fourth-order valence-electron chi connectivity index (χ4n) is 3.38. The zero-order chi connectivity index (χ0) is 16.9. The van der Waals surface area contributed by atoms with E-state index in [1.54, 1.807) is 6.92 Å². The Morgan fingerprint density at radius 1 is 1.38 bits per heavy atom. The van der Waals surface area contributed by atoms with Gasteiger partial charge in [0.1, 0.15) is 12.4 Å². The fraction of sp³-hybridized carbons (Fsp3) is 0.556. The number of carbonyl (C=O) groups excluding carboxylic acids is 2. The van der Waals surface area contributed by atoms with Gasteiger partial charge in [0.15, 0.2) is 0 Å². The lowest BCUT2D eigenvalue weighted by Gasteiger charge is -2.36. The number of nitrogens with zero attached hydrogens (tertiary/aromatic N) is 1. The van der Waals surface area contributed by atoms with Crippen LogP contribution in [0.25, 0.3) is 0 Å². The van der Waals surface area contributed by atoms with Gasteiger partial charge in [0.2, 0.25) is 5.91 Å². The van der Waals surface area contributed by atoms with Crippen molar-refractivity contribution in [2.75, 3.05) is 26.3 Å². The molecule has 6 nitrogen and oxygen atoms in total. The summed E-state index contributed by atoms with van der Waals surface area (Å²) in [6.45, 7) is 3.81. The van der Waals surface area contributed by atoms with Gasteiger partial charge in [-0.25, -0.2) is 4.79 Å². The summed E-state index contributed by atoms with van der Waals surface area (Å²) in [7, 11) is 0. The van der Waals surface area contributed by atoms with Crippen LogP contribution in [0.1, 0.15) is 25.3 Å². The van der Waals surface area contributed by atoms with Crippen LogP contribution >= 0.6 is 0 Å². The smallest absolute Gasteiger partial charge is 0.407 e. The molecule has 6 heteroatoms. The molecule has 0 unspecified atom stereocenters. The molecule has 2 heterocycles. The first kappa shape index (κ1) is 16.6. The zero-order valence-corrected chi connectivity index (χ0v) is 14.0. The summed E-state index contributed by atoms with van der Waals surface area (Å²) in [6.07, 6.45) is 2.05. The lowest BCUT2D eigenvalue weighted by Crippen LogP contribution is -2.52. The Morgan fingerprint density at radius 2 is 2.21 bits per heavy atom. The first-order valence-electron chi connectivity index (χ1n) is 8.60. The minimum absolute atomic E-state index is 0.0430. The van der Waals surface area contributed by atoms with Gasteiger partial charge in [0, 0.05) is 19.1 Å². The van der Waals surface area contributed by atoms with Crippen molar-refractivity contribution in [3.8, 4) is 5.75 Å². The van der Waals surface area contributed by atoms with E-state index in [0.29, 0.717) is 26.2 Å². The molecule has 1 N–H and O–H groups in total. The Kier molecular flexibility index (Phi) is 5.23. The second-order valence-electron chi connectivity index (χ2n) is 6.31. The highest BCUT2D eigenvalue weighted by Gasteiger charge is 2.32. The van der Waals surface area contributed by atoms with Crippen LogP contribution in [-0.4, -0.2) is 49.2 Å². The van der Waals surface area contributed by atoms with E-state index in [0.717, 1.165) is 30.7 Å². The van der Waals surface area contributed by atoms with E-state index in [1.807, 2.05) is 29.2 Å². The van der Waals surface area contributed by atoms with Crippen LogP contribution in [0.5, 0.6) is 5.75 Å². The Bertz CT molecular complexity index is 604. The molecule has 2 atom stereocenters. The van der Waals surface area contributed by atoms with E-state index >= 15 is 0 Å². The molecule has 1 fully saturated rings. The molecular weight excluding hydrogens is 308 g/mol. The molecule has 0 radical (unpaired) electrons. The topological polar surface area (TPSA) is 67.9 Å². The Hall–Kier alpha value is -2.24. The van der Waals surface area contributed by atoms with Crippen molar-refractivity contribution >= 4 is 12.0 Å². The molecule has 1 saturated heterocycles. The third kappa shape index (κ3) is 3.80. The molecule has 0 bridgehead atoms. The van der Waals surface area contributed by atoms with Gasteiger partial charge in [-0.05, 0) is 37.8 Å². The van der Waals surface area contributed by atoms with Gasteiger partial charge in [0.25, 0.3) is 0 Å². The number of piperidine rings is 1. The van der Waals surface area contributed by atoms with Gasteiger partial charge in [0.05, 0.1) is 12.5 Å². The second-order valence-corrected chi connectivity index (χ2v) is 6.31. The lowest BCUT2D eigenvalue weighted by molar-refractivity contribution is -0.138. The molecule has 2 amide bonds. The first-order valence-corrected chi connectivity index (χ1v) is 8.60. The summed E-state index contributed by atoms with van der Waals surface area (Å²) >= 11 is 0. The molecule has 0 aliphatic carbocycles. The van der Waals surface area contributed by atoms with E-state index in [9.17, 15) is 9.59 Å². The number of alkyl carbamates (subject to hydrolysis) is 1. The molecule has 0 spiro atoms. The number of para-hydroxylation sites is 1. The van der Waals surface area contributed by atoms with Crippen LogP contribution < -0.4 is 10.1 Å². The largest absolute Gasteiger partial charge is 0.492 e. The minimum atomic E-state index is -0.410. The summed E-state index contributed by atoms with van der Waals surface area (Å²) in [5.41, 5.74) is 1.08. The van der Waals surface area contributed by atoms with Crippen molar-refractivity contribution in [2.45, 2.75) is 32.2 Å². The average molecular weight is 332 g/mol. The summed E-state index contributed by atoms with van der Waals surface area (Å²) in [4.78, 5) is 26.2. The number of benzene rings is 1. The summed E-state index contributed by atoms with van der Waals surface area (Å²) < 4.78 is 10.7. The third-order valence-corrected chi connectivity index (χ3v) is 4.56. The Balaban J connectivity index is 1.58. The van der Waals surface area contributed by atoms with Crippen molar-refractivity contribution in [3.05, 3.63) is 29.8 Å². The highest BCUT2D eigenvalue weighted by atomic mass is 16.5. The average Bonchev–Trinajstić information content (AvgIpc) is 2.61. The number of hydrogen-bond acceptors (Lipinski definition) is 4. The van der Waals surface area contributed by atoms with Crippen LogP contribution in [0.3, 0.4) is 0 Å². The normalized spacial score (nSPS) is 23.0. The number of nitrogens with one attached hydrogen (secondary N) is 1. The van der Waals surface area contributed by atoms with Crippen molar-refractivity contribution in [1.82, 2.24) is 10.2 Å². The number of hydrogen-bond donors (Lipinski definition) is 1. The quantitative estimate of drug-likeness (QED) is 0.919. The standard InChI is InChI=1S/C18H24N2O4/c1-2-23-18(22)19-15-7-5-9-20(11-15)17(21)14-10-13-6-3-4-8-16(13)24-12-14/h3-4,6,8,14-15H,2,5,7,9-12H2,1H3,(H,19,22)/t14-,15-/m1/s1. The predicted molar refractivity (Wildman–Crippen MR) is 88.9 cm³/mol. The van der Waals surface area contributed by atoms with Gasteiger partial charge >= 0.3 is 6.09 Å². The molecule has 130 valence electrons. The van der Waals surface area contributed by atoms with Crippen molar-refractivity contribution in [1.29, 1.82) is 0 Å². The first-order chi connectivity index (χ1) is 11.7. The molecule has 3 rings (SSSR count). The van der Waals surface area contributed by atoms with Crippen LogP contribution in [-0.2, 0) is 16.0 Å². The van der Waals surface area contributed by atoms with E-state index < -0.39 is 6.09 Å². The number of rotatable bonds is 3. The molecule has 1 aromatic rings. The van der Waals surface area contributed by atoms with Gasteiger partial charge in [-0.3, -0.25) is 4.79 Å². The number of ether oxygens (including phenoxy) is 2. The number of likely N-dealkylation sites (tertiary alicyclic amines) is 1. The molecular formula is C18H24N2O4. The van der Waals surface area contributed by atoms with Gasteiger partial charge in [-0.1, -0.05) is 18.2 Å². The molecule has 0 aromatic heterocycles. The van der Waals surface area contributed by atoms with E-state index in [4.69, 9.17) is 9.47 Å². The van der Waals surface area contributed by atoms with Gasteiger partial charge in [-0.2, -0.15) is 0 Å².